The molecule has 2 bridgehead atoms. The third-order valence-corrected chi connectivity index (χ3v) is 6.00. The summed E-state index contributed by atoms with van der Waals surface area (Å²) < 4.78 is 2.06. The van der Waals surface area contributed by atoms with E-state index in [9.17, 15) is 4.79 Å². The zero-order valence-corrected chi connectivity index (χ0v) is 13.7. The van der Waals surface area contributed by atoms with E-state index in [-0.39, 0.29) is 5.91 Å². The fourth-order valence-electron chi connectivity index (χ4n) is 4.04. The molecule has 0 spiro atoms. The molecule has 5 nitrogen and oxygen atoms in total. The molecular weight excluding hydrogens is 296 g/mol. The molecule has 0 aromatic carbocycles. The number of aromatic nitrogens is 3. The molecule has 0 radical (unpaired) electrons. The normalized spacial score (nSPS) is 27.4. The predicted octanol–water partition coefficient (Wildman–Crippen LogP) is 2.96. The van der Waals surface area contributed by atoms with Crippen molar-refractivity contribution in [3.05, 3.63) is 34.0 Å². The summed E-state index contributed by atoms with van der Waals surface area (Å²) in [6.45, 7) is 3.90. The smallest absolute Gasteiger partial charge is 0.266 e. The van der Waals surface area contributed by atoms with Gasteiger partial charge in [0.2, 0.25) is 0 Å². The number of rotatable bonds is 2. The van der Waals surface area contributed by atoms with Crippen molar-refractivity contribution in [2.45, 2.75) is 57.7 Å². The van der Waals surface area contributed by atoms with Crippen LogP contribution in [-0.2, 0) is 0 Å². The minimum absolute atomic E-state index is 0.189. The number of hydrogen-bond acceptors (Lipinski definition) is 4. The first-order valence-corrected chi connectivity index (χ1v) is 8.71. The van der Waals surface area contributed by atoms with Gasteiger partial charge in [0.1, 0.15) is 4.88 Å². The summed E-state index contributed by atoms with van der Waals surface area (Å²) in [5, 5.41) is 5.36. The van der Waals surface area contributed by atoms with E-state index in [2.05, 4.69) is 19.7 Å². The Morgan fingerprint density at radius 2 is 1.95 bits per heavy atom. The van der Waals surface area contributed by atoms with Gasteiger partial charge in [-0.05, 0) is 45.6 Å². The number of aryl methyl sites for hydroxylation is 2. The van der Waals surface area contributed by atoms with Crippen molar-refractivity contribution in [3.8, 4) is 0 Å². The van der Waals surface area contributed by atoms with E-state index in [1.807, 2.05) is 32.3 Å². The Kier molecular flexibility index (Phi) is 3.29. The lowest BCUT2D eigenvalue weighted by molar-refractivity contribution is 0.0528. The van der Waals surface area contributed by atoms with Crippen LogP contribution in [0.25, 0.3) is 0 Å². The second-order valence-corrected chi connectivity index (χ2v) is 7.56. The minimum Gasteiger partial charge on any atom is -0.332 e. The molecule has 2 aromatic rings. The summed E-state index contributed by atoms with van der Waals surface area (Å²) in [5.74, 6) is 0.189. The third kappa shape index (κ3) is 2.17. The Hall–Kier alpha value is -1.69. The van der Waals surface area contributed by atoms with Crippen molar-refractivity contribution in [3.63, 3.8) is 0 Å². The molecule has 4 heterocycles. The lowest BCUT2D eigenvalue weighted by Gasteiger charge is -2.38. The average Bonchev–Trinajstić information content (AvgIpc) is 3.18. The van der Waals surface area contributed by atoms with Gasteiger partial charge in [-0.3, -0.25) is 9.48 Å². The predicted molar refractivity (Wildman–Crippen MR) is 85.1 cm³/mol. The van der Waals surface area contributed by atoms with Gasteiger partial charge in [-0.25, -0.2) is 4.98 Å². The fourth-order valence-corrected chi connectivity index (χ4v) is 4.90. The lowest BCUT2D eigenvalue weighted by atomic mass is 9.97. The van der Waals surface area contributed by atoms with E-state index in [0.717, 1.165) is 41.3 Å². The van der Waals surface area contributed by atoms with Crippen LogP contribution in [-0.4, -0.2) is 37.7 Å². The standard InChI is InChI=1S/C16H20N4OS/c1-10-15(22-11(2)18-10)16(21)20-12-4-5-13(20)9-14(8-12)19-7-3-6-17-19/h3,6-7,12-14H,4-5,8-9H2,1-2H3. The number of amides is 1. The molecule has 0 saturated carbocycles. The maximum Gasteiger partial charge on any atom is 0.266 e. The first-order chi connectivity index (χ1) is 10.6. The van der Waals surface area contributed by atoms with Gasteiger partial charge in [-0.2, -0.15) is 5.10 Å². The zero-order valence-electron chi connectivity index (χ0n) is 12.9. The van der Waals surface area contributed by atoms with Crippen LogP contribution >= 0.6 is 11.3 Å². The SMILES string of the molecule is Cc1nc(C)c(C(=O)N2C3CCC2CC(n2cccn2)C3)s1. The van der Waals surface area contributed by atoms with Crippen LogP contribution in [0.4, 0.5) is 0 Å². The molecule has 2 saturated heterocycles. The Morgan fingerprint density at radius 3 is 2.50 bits per heavy atom. The first kappa shape index (κ1) is 13.9. The summed E-state index contributed by atoms with van der Waals surface area (Å²) in [6, 6.07) is 3.11. The molecule has 116 valence electrons. The van der Waals surface area contributed by atoms with Crippen LogP contribution < -0.4 is 0 Å². The number of nitrogens with zero attached hydrogens (tertiary/aromatic N) is 4. The molecule has 2 atom stereocenters. The van der Waals surface area contributed by atoms with Crippen molar-refractivity contribution in [2.75, 3.05) is 0 Å². The van der Waals surface area contributed by atoms with Crippen LogP contribution in [0.5, 0.6) is 0 Å². The highest BCUT2D eigenvalue weighted by molar-refractivity contribution is 7.13. The van der Waals surface area contributed by atoms with Crippen LogP contribution in [0.15, 0.2) is 18.5 Å². The van der Waals surface area contributed by atoms with Gasteiger partial charge in [0.15, 0.2) is 0 Å². The van der Waals surface area contributed by atoms with Crippen molar-refractivity contribution >= 4 is 17.2 Å². The molecule has 4 rings (SSSR count). The highest BCUT2D eigenvalue weighted by atomic mass is 32.1. The van der Waals surface area contributed by atoms with Gasteiger partial charge in [0.25, 0.3) is 5.91 Å². The third-order valence-electron chi connectivity index (χ3n) is 4.94. The lowest BCUT2D eigenvalue weighted by Crippen LogP contribution is -2.47. The van der Waals surface area contributed by atoms with E-state index in [0.29, 0.717) is 18.1 Å². The molecule has 2 aliphatic heterocycles. The van der Waals surface area contributed by atoms with Gasteiger partial charge < -0.3 is 4.90 Å². The van der Waals surface area contributed by atoms with E-state index in [1.54, 1.807) is 0 Å². The second-order valence-electron chi connectivity index (χ2n) is 6.36. The van der Waals surface area contributed by atoms with E-state index in [4.69, 9.17) is 0 Å². The number of carbonyl (C=O) groups is 1. The Labute approximate surface area is 134 Å². The Bertz CT molecular complexity index is 679. The molecule has 2 aromatic heterocycles. The Morgan fingerprint density at radius 1 is 1.23 bits per heavy atom. The molecule has 22 heavy (non-hydrogen) atoms. The van der Waals surface area contributed by atoms with Crippen molar-refractivity contribution in [1.82, 2.24) is 19.7 Å². The number of hydrogen-bond donors (Lipinski definition) is 0. The van der Waals surface area contributed by atoms with E-state index < -0.39 is 0 Å². The Balaban J connectivity index is 1.58. The molecule has 1 amide bonds. The molecular formula is C16H20N4OS. The summed E-state index contributed by atoms with van der Waals surface area (Å²) >= 11 is 1.53. The number of piperidine rings is 1. The maximum absolute atomic E-state index is 13.0. The highest BCUT2D eigenvalue weighted by Gasteiger charge is 2.44. The molecule has 6 heteroatoms. The molecule has 2 unspecified atom stereocenters. The van der Waals surface area contributed by atoms with E-state index in [1.165, 1.54) is 11.3 Å². The summed E-state index contributed by atoms with van der Waals surface area (Å²) in [5.41, 5.74) is 0.876. The highest BCUT2D eigenvalue weighted by Crippen LogP contribution is 2.41. The van der Waals surface area contributed by atoms with Gasteiger partial charge in [-0.1, -0.05) is 0 Å². The topological polar surface area (TPSA) is 51.0 Å². The summed E-state index contributed by atoms with van der Waals surface area (Å²) in [6.07, 6.45) is 8.14. The molecule has 2 aliphatic rings. The van der Waals surface area contributed by atoms with Gasteiger partial charge >= 0.3 is 0 Å². The van der Waals surface area contributed by atoms with Crippen LogP contribution in [0.1, 0.15) is 52.1 Å². The fraction of sp³-hybridized carbons (Fsp3) is 0.562. The first-order valence-electron chi connectivity index (χ1n) is 7.89. The number of fused-ring (bicyclic) bond motifs is 2. The maximum atomic E-state index is 13.0. The van der Waals surface area contributed by atoms with Gasteiger partial charge in [-0.15, -0.1) is 11.3 Å². The largest absolute Gasteiger partial charge is 0.332 e. The van der Waals surface area contributed by atoms with E-state index >= 15 is 0 Å². The van der Waals surface area contributed by atoms with Crippen LogP contribution in [0.3, 0.4) is 0 Å². The van der Waals surface area contributed by atoms with Gasteiger partial charge in [0, 0.05) is 24.5 Å². The molecule has 0 N–H and O–H groups in total. The van der Waals surface area contributed by atoms with Crippen molar-refractivity contribution in [1.29, 1.82) is 0 Å². The molecule has 2 fully saturated rings. The monoisotopic (exact) mass is 316 g/mol. The van der Waals surface area contributed by atoms with Crippen LogP contribution in [0, 0.1) is 13.8 Å². The molecule has 0 aliphatic carbocycles. The average molecular weight is 316 g/mol. The number of carbonyl (C=O) groups excluding carboxylic acids is 1. The summed E-state index contributed by atoms with van der Waals surface area (Å²) in [7, 11) is 0. The second kappa shape index (κ2) is 5.19. The van der Waals surface area contributed by atoms with Crippen molar-refractivity contribution in [2.24, 2.45) is 0 Å². The summed E-state index contributed by atoms with van der Waals surface area (Å²) in [4.78, 5) is 20.3. The van der Waals surface area contributed by atoms with Gasteiger partial charge in [0.05, 0.1) is 16.7 Å². The quantitative estimate of drug-likeness (QED) is 0.856. The zero-order chi connectivity index (χ0) is 15.3. The minimum atomic E-state index is 0.189. The number of thiazole rings is 1. The van der Waals surface area contributed by atoms with Crippen LogP contribution in [0.2, 0.25) is 0 Å². The van der Waals surface area contributed by atoms with Crippen molar-refractivity contribution < 1.29 is 4.79 Å².